The molecule has 0 amide bonds. The molecule has 7 nitrogen and oxygen atoms in total. The Bertz CT molecular complexity index is 583. The van der Waals surface area contributed by atoms with Gasteiger partial charge in [-0.25, -0.2) is 4.79 Å². The van der Waals surface area contributed by atoms with Crippen molar-refractivity contribution in [1.82, 2.24) is 15.3 Å². The molecule has 3 heterocycles. The Kier molecular flexibility index (Phi) is 4.23. The van der Waals surface area contributed by atoms with Crippen molar-refractivity contribution in [3.8, 4) is 0 Å². The predicted octanol–water partition coefficient (Wildman–Crippen LogP) is -0.119. The SMILES string of the molecule is O=c1[nH]cc(CNC2CCOC3(CCOCC3)C2)c(=O)[nH]1. The second kappa shape index (κ2) is 6.13. The van der Waals surface area contributed by atoms with Gasteiger partial charge in [0.05, 0.1) is 5.60 Å². The van der Waals surface area contributed by atoms with Gasteiger partial charge >= 0.3 is 5.69 Å². The van der Waals surface area contributed by atoms with Gasteiger partial charge in [-0.1, -0.05) is 0 Å². The maximum absolute atomic E-state index is 11.7. The molecule has 1 spiro atoms. The second-order valence-corrected chi connectivity index (χ2v) is 5.81. The zero-order valence-corrected chi connectivity index (χ0v) is 11.9. The third-order valence-electron chi connectivity index (χ3n) is 4.37. The summed E-state index contributed by atoms with van der Waals surface area (Å²) < 4.78 is 11.4. The van der Waals surface area contributed by atoms with Gasteiger partial charge in [-0.3, -0.25) is 9.78 Å². The Morgan fingerprint density at radius 2 is 2.10 bits per heavy atom. The van der Waals surface area contributed by atoms with Gasteiger partial charge in [0, 0.05) is 44.2 Å². The smallest absolute Gasteiger partial charge is 0.325 e. The second-order valence-electron chi connectivity index (χ2n) is 5.81. The van der Waals surface area contributed by atoms with E-state index in [0.717, 1.165) is 45.5 Å². The Morgan fingerprint density at radius 3 is 2.86 bits per heavy atom. The number of hydrogen-bond acceptors (Lipinski definition) is 5. The van der Waals surface area contributed by atoms with Crippen LogP contribution in [-0.2, 0) is 16.0 Å². The van der Waals surface area contributed by atoms with E-state index < -0.39 is 5.69 Å². The average molecular weight is 295 g/mol. The lowest BCUT2D eigenvalue weighted by molar-refractivity contribution is -0.140. The van der Waals surface area contributed by atoms with Crippen molar-refractivity contribution < 1.29 is 9.47 Å². The summed E-state index contributed by atoms with van der Waals surface area (Å²) in [5.74, 6) is 0. The monoisotopic (exact) mass is 295 g/mol. The molecule has 0 bridgehead atoms. The summed E-state index contributed by atoms with van der Waals surface area (Å²) in [5.41, 5.74) is -0.330. The standard InChI is InChI=1S/C14H21N3O4/c18-12-10(9-16-13(19)17-12)8-15-11-1-4-21-14(7-11)2-5-20-6-3-14/h9,11,15H,1-8H2,(H2,16,17,18,19). The number of aromatic nitrogens is 2. The van der Waals surface area contributed by atoms with Gasteiger partial charge in [0.25, 0.3) is 5.56 Å². The third-order valence-corrected chi connectivity index (χ3v) is 4.37. The molecule has 1 atom stereocenters. The van der Waals surface area contributed by atoms with Crippen LogP contribution in [0.4, 0.5) is 0 Å². The van der Waals surface area contributed by atoms with E-state index >= 15 is 0 Å². The van der Waals surface area contributed by atoms with Crippen LogP contribution in [0.2, 0.25) is 0 Å². The van der Waals surface area contributed by atoms with E-state index in [1.54, 1.807) is 0 Å². The van der Waals surface area contributed by atoms with Crippen LogP contribution in [0.25, 0.3) is 0 Å². The van der Waals surface area contributed by atoms with Crippen LogP contribution in [0.5, 0.6) is 0 Å². The topological polar surface area (TPSA) is 96.2 Å². The van der Waals surface area contributed by atoms with E-state index in [0.29, 0.717) is 18.2 Å². The highest BCUT2D eigenvalue weighted by Gasteiger charge is 2.38. The van der Waals surface area contributed by atoms with E-state index in [-0.39, 0.29) is 11.2 Å². The Balaban J connectivity index is 1.60. The van der Waals surface area contributed by atoms with E-state index in [1.165, 1.54) is 6.20 Å². The molecule has 3 rings (SSSR count). The summed E-state index contributed by atoms with van der Waals surface area (Å²) in [6.07, 6.45) is 5.22. The summed E-state index contributed by atoms with van der Waals surface area (Å²) in [4.78, 5) is 27.4. The van der Waals surface area contributed by atoms with Crippen molar-refractivity contribution >= 4 is 0 Å². The van der Waals surface area contributed by atoms with Gasteiger partial charge in [-0.15, -0.1) is 0 Å². The molecule has 1 aromatic heterocycles. The van der Waals surface area contributed by atoms with Crippen LogP contribution in [-0.4, -0.2) is 41.4 Å². The van der Waals surface area contributed by atoms with Crippen molar-refractivity contribution in [3.05, 3.63) is 32.6 Å². The quantitative estimate of drug-likeness (QED) is 0.722. The van der Waals surface area contributed by atoms with Gasteiger partial charge in [0.1, 0.15) is 0 Å². The maximum atomic E-state index is 11.7. The molecule has 116 valence electrons. The first-order valence-corrected chi connectivity index (χ1v) is 7.43. The zero-order chi connectivity index (χ0) is 14.7. The first-order valence-electron chi connectivity index (χ1n) is 7.43. The van der Waals surface area contributed by atoms with E-state index in [4.69, 9.17) is 9.47 Å². The number of hydrogen-bond donors (Lipinski definition) is 3. The Labute approximate surface area is 122 Å². The van der Waals surface area contributed by atoms with Gasteiger partial charge in [-0.2, -0.15) is 0 Å². The molecule has 0 aliphatic carbocycles. The number of ether oxygens (including phenoxy) is 2. The van der Waals surface area contributed by atoms with Gasteiger partial charge < -0.3 is 19.8 Å². The number of nitrogens with one attached hydrogen (secondary N) is 3. The molecule has 1 unspecified atom stereocenters. The van der Waals surface area contributed by atoms with Gasteiger partial charge in [-0.05, 0) is 25.7 Å². The molecule has 3 N–H and O–H groups in total. The van der Waals surface area contributed by atoms with Gasteiger partial charge in [0.15, 0.2) is 0 Å². The average Bonchev–Trinajstić information content (AvgIpc) is 2.47. The largest absolute Gasteiger partial charge is 0.381 e. The molecule has 2 aliphatic heterocycles. The van der Waals surface area contributed by atoms with Crippen molar-refractivity contribution in [3.63, 3.8) is 0 Å². The minimum absolute atomic E-state index is 0.0639. The lowest BCUT2D eigenvalue weighted by Gasteiger charge is -2.43. The van der Waals surface area contributed by atoms with Crippen molar-refractivity contribution in [2.75, 3.05) is 19.8 Å². The molecule has 21 heavy (non-hydrogen) atoms. The highest BCUT2D eigenvalue weighted by atomic mass is 16.5. The Morgan fingerprint density at radius 1 is 1.29 bits per heavy atom. The first-order chi connectivity index (χ1) is 10.2. The summed E-state index contributed by atoms with van der Waals surface area (Å²) in [7, 11) is 0. The van der Waals surface area contributed by atoms with Crippen molar-refractivity contribution in [2.45, 2.75) is 43.9 Å². The van der Waals surface area contributed by atoms with E-state index in [1.807, 2.05) is 0 Å². The number of aromatic amines is 2. The van der Waals surface area contributed by atoms with Crippen molar-refractivity contribution in [2.24, 2.45) is 0 Å². The third kappa shape index (κ3) is 3.42. The summed E-state index contributed by atoms with van der Waals surface area (Å²) in [6, 6.07) is 0.322. The molecule has 0 radical (unpaired) electrons. The summed E-state index contributed by atoms with van der Waals surface area (Å²) >= 11 is 0. The minimum Gasteiger partial charge on any atom is -0.381 e. The fourth-order valence-corrected chi connectivity index (χ4v) is 3.12. The van der Waals surface area contributed by atoms with Crippen LogP contribution in [0, 0.1) is 0 Å². The summed E-state index contributed by atoms with van der Waals surface area (Å²) in [6.45, 7) is 2.70. The lowest BCUT2D eigenvalue weighted by atomic mass is 9.84. The van der Waals surface area contributed by atoms with Crippen LogP contribution in [0.3, 0.4) is 0 Å². The van der Waals surface area contributed by atoms with Crippen LogP contribution in [0.1, 0.15) is 31.2 Å². The first kappa shape index (κ1) is 14.5. The fraction of sp³-hybridized carbons (Fsp3) is 0.714. The van der Waals surface area contributed by atoms with Crippen molar-refractivity contribution in [1.29, 1.82) is 0 Å². The Hall–Kier alpha value is -1.44. The molecule has 2 fully saturated rings. The number of rotatable bonds is 3. The van der Waals surface area contributed by atoms with Crippen LogP contribution >= 0.6 is 0 Å². The molecular weight excluding hydrogens is 274 g/mol. The van der Waals surface area contributed by atoms with Crippen LogP contribution < -0.4 is 16.6 Å². The fourth-order valence-electron chi connectivity index (χ4n) is 3.12. The molecule has 7 heteroatoms. The van der Waals surface area contributed by atoms with Crippen LogP contribution in [0.15, 0.2) is 15.8 Å². The molecule has 2 aliphatic rings. The molecule has 1 aromatic rings. The molecular formula is C14H21N3O4. The van der Waals surface area contributed by atoms with E-state index in [2.05, 4.69) is 15.3 Å². The molecule has 0 saturated carbocycles. The molecule has 0 aromatic carbocycles. The molecule has 2 saturated heterocycles. The lowest BCUT2D eigenvalue weighted by Crippen LogP contribution is -2.49. The normalized spacial score (nSPS) is 25.0. The minimum atomic E-state index is -0.476. The zero-order valence-electron chi connectivity index (χ0n) is 11.9. The summed E-state index contributed by atoms with van der Waals surface area (Å²) in [5, 5.41) is 3.41. The highest BCUT2D eigenvalue weighted by Crippen LogP contribution is 2.34. The van der Waals surface area contributed by atoms with E-state index in [9.17, 15) is 9.59 Å². The van der Waals surface area contributed by atoms with Gasteiger partial charge in [0.2, 0.25) is 0 Å². The maximum Gasteiger partial charge on any atom is 0.325 e. The number of H-pyrrole nitrogens is 2. The predicted molar refractivity (Wildman–Crippen MR) is 76.3 cm³/mol. The highest BCUT2D eigenvalue weighted by molar-refractivity contribution is 5.03.